The molecule has 0 atom stereocenters. The van der Waals surface area contributed by atoms with Gasteiger partial charge >= 0.3 is 5.97 Å². The summed E-state index contributed by atoms with van der Waals surface area (Å²) in [6.45, 7) is 2.45. The summed E-state index contributed by atoms with van der Waals surface area (Å²) in [5.41, 5.74) is 0.338. The molecule has 0 amide bonds. The summed E-state index contributed by atoms with van der Waals surface area (Å²) >= 11 is 0. The molecule has 0 unspecified atom stereocenters. The molecule has 0 N–H and O–H groups in total. The molecule has 3 aromatic heterocycles. The molecule has 0 aliphatic rings. The van der Waals surface area contributed by atoms with Gasteiger partial charge in [0.1, 0.15) is 12.3 Å². The van der Waals surface area contributed by atoms with Crippen LogP contribution in [0.4, 0.5) is 0 Å². The quantitative estimate of drug-likeness (QED) is 0.319. The Labute approximate surface area is 172 Å². The van der Waals surface area contributed by atoms with Gasteiger partial charge in [-0.25, -0.2) is 9.48 Å². The normalized spacial score (nSPS) is 11.1. The van der Waals surface area contributed by atoms with Crippen molar-refractivity contribution in [3.8, 4) is 11.5 Å². The second-order valence-electron chi connectivity index (χ2n) is 6.87. The summed E-state index contributed by atoms with van der Waals surface area (Å²) in [5, 5.41) is 9.11. The molecule has 1 aromatic carbocycles. The Kier molecular flexibility index (Phi) is 5.74. The summed E-state index contributed by atoms with van der Waals surface area (Å²) in [5.74, 6) is 0.351. The lowest BCUT2D eigenvalue weighted by Gasteiger charge is -2.10. The zero-order chi connectivity index (χ0) is 20.9. The van der Waals surface area contributed by atoms with Gasteiger partial charge in [0.15, 0.2) is 11.5 Å². The van der Waals surface area contributed by atoms with Crippen LogP contribution in [0.5, 0.6) is 0 Å². The molecule has 3 heterocycles. The first-order chi connectivity index (χ1) is 14.7. The SMILES string of the molecule is CCCCCn1nc(C(=O)OCc2cc(-c3ccco3)on2)c2ccccc2c1=O. The van der Waals surface area contributed by atoms with Gasteiger partial charge in [0.05, 0.1) is 11.6 Å². The van der Waals surface area contributed by atoms with E-state index in [1.54, 1.807) is 42.5 Å². The van der Waals surface area contributed by atoms with Crippen LogP contribution in [0.3, 0.4) is 0 Å². The highest BCUT2D eigenvalue weighted by Crippen LogP contribution is 2.21. The standard InChI is InChI=1S/C22H21N3O5/c1-2-3-6-11-25-21(26)17-9-5-4-8-16(17)20(23-25)22(27)29-14-15-13-19(30-24-15)18-10-7-12-28-18/h4-5,7-10,12-13H,2-3,6,11,14H2,1H3. The van der Waals surface area contributed by atoms with Crippen molar-refractivity contribution in [1.82, 2.24) is 14.9 Å². The summed E-state index contributed by atoms with van der Waals surface area (Å²) < 4.78 is 17.2. The molecule has 154 valence electrons. The Morgan fingerprint density at radius 3 is 2.70 bits per heavy atom. The summed E-state index contributed by atoms with van der Waals surface area (Å²) in [6, 6.07) is 12.0. The first kappa shape index (κ1) is 19.6. The maximum Gasteiger partial charge on any atom is 0.359 e. The average molecular weight is 407 g/mol. The predicted octanol–water partition coefficient (Wildman–Crippen LogP) is 4.19. The number of furan rings is 1. The Balaban J connectivity index is 1.56. The number of hydrogen-bond donors (Lipinski definition) is 0. The van der Waals surface area contributed by atoms with E-state index in [1.165, 1.54) is 10.9 Å². The summed E-state index contributed by atoms with van der Waals surface area (Å²) in [7, 11) is 0. The maximum absolute atomic E-state index is 12.8. The van der Waals surface area contributed by atoms with Crippen LogP contribution in [0, 0.1) is 0 Å². The highest BCUT2D eigenvalue weighted by molar-refractivity contribution is 6.02. The highest BCUT2D eigenvalue weighted by Gasteiger charge is 2.19. The number of carbonyl (C=O) groups is 1. The Morgan fingerprint density at radius 2 is 1.93 bits per heavy atom. The van der Waals surface area contributed by atoms with Gasteiger partial charge in [0, 0.05) is 18.0 Å². The summed E-state index contributed by atoms with van der Waals surface area (Å²) in [4.78, 5) is 25.5. The third-order valence-corrected chi connectivity index (χ3v) is 4.71. The Bertz CT molecular complexity index is 1210. The van der Waals surface area contributed by atoms with Gasteiger partial charge in [0.25, 0.3) is 5.56 Å². The topological polar surface area (TPSA) is 100 Å². The van der Waals surface area contributed by atoms with Gasteiger partial charge < -0.3 is 13.7 Å². The number of benzene rings is 1. The van der Waals surface area contributed by atoms with Crippen molar-refractivity contribution in [3.05, 3.63) is 70.5 Å². The van der Waals surface area contributed by atoms with Gasteiger partial charge in [-0.15, -0.1) is 0 Å². The molecule has 0 spiro atoms. The van der Waals surface area contributed by atoms with E-state index in [4.69, 9.17) is 13.7 Å². The first-order valence-corrected chi connectivity index (χ1v) is 9.84. The molecule has 8 nitrogen and oxygen atoms in total. The predicted molar refractivity (Wildman–Crippen MR) is 109 cm³/mol. The number of hydrogen-bond acceptors (Lipinski definition) is 7. The smallest absolute Gasteiger partial charge is 0.359 e. The van der Waals surface area contributed by atoms with Gasteiger partial charge in [0.2, 0.25) is 5.76 Å². The molecule has 0 saturated heterocycles. The third kappa shape index (κ3) is 4.03. The molecule has 0 saturated carbocycles. The van der Waals surface area contributed by atoms with Crippen LogP contribution in [-0.4, -0.2) is 20.9 Å². The third-order valence-electron chi connectivity index (χ3n) is 4.71. The number of fused-ring (bicyclic) bond motifs is 1. The fourth-order valence-corrected chi connectivity index (χ4v) is 3.17. The van der Waals surface area contributed by atoms with Crippen LogP contribution in [0.1, 0.15) is 42.4 Å². The van der Waals surface area contributed by atoms with E-state index in [-0.39, 0.29) is 17.9 Å². The molecule has 30 heavy (non-hydrogen) atoms. The number of unbranched alkanes of at least 4 members (excludes halogenated alkanes) is 2. The van der Waals surface area contributed by atoms with Crippen molar-refractivity contribution in [2.24, 2.45) is 0 Å². The molecule has 0 aliphatic carbocycles. The van der Waals surface area contributed by atoms with Crippen molar-refractivity contribution < 1.29 is 18.5 Å². The van der Waals surface area contributed by atoms with E-state index in [0.29, 0.717) is 34.5 Å². The van der Waals surface area contributed by atoms with Crippen molar-refractivity contribution in [1.29, 1.82) is 0 Å². The van der Waals surface area contributed by atoms with Crippen molar-refractivity contribution >= 4 is 16.7 Å². The molecule has 0 fully saturated rings. The lowest BCUT2D eigenvalue weighted by Crippen LogP contribution is -2.26. The van der Waals surface area contributed by atoms with Crippen molar-refractivity contribution in [2.45, 2.75) is 39.3 Å². The Morgan fingerprint density at radius 1 is 1.10 bits per heavy atom. The second-order valence-corrected chi connectivity index (χ2v) is 6.87. The van der Waals surface area contributed by atoms with Crippen molar-refractivity contribution in [2.75, 3.05) is 0 Å². The fraction of sp³-hybridized carbons (Fsp3) is 0.273. The van der Waals surface area contributed by atoms with E-state index in [1.807, 2.05) is 0 Å². The second kappa shape index (κ2) is 8.77. The van der Waals surface area contributed by atoms with E-state index < -0.39 is 5.97 Å². The van der Waals surface area contributed by atoms with Gasteiger partial charge in [-0.1, -0.05) is 43.1 Å². The first-order valence-electron chi connectivity index (χ1n) is 9.84. The van der Waals surface area contributed by atoms with E-state index in [2.05, 4.69) is 17.2 Å². The number of aryl methyl sites for hydroxylation is 1. The molecular formula is C22H21N3O5. The molecule has 0 radical (unpaired) electrons. The van der Waals surface area contributed by atoms with Crippen LogP contribution in [-0.2, 0) is 17.9 Å². The monoisotopic (exact) mass is 407 g/mol. The van der Waals surface area contributed by atoms with E-state index in [9.17, 15) is 9.59 Å². The van der Waals surface area contributed by atoms with Crippen LogP contribution in [0.15, 0.2) is 62.5 Å². The lowest BCUT2D eigenvalue weighted by atomic mass is 10.1. The maximum atomic E-state index is 12.8. The van der Waals surface area contributed by atoms with Crippen LogP contribution < -0.4 is 5.56 Å². The fourth-order valence-electron chi connectivity index (χ4n) is 3.17. The minimum Gasteiger partial charge on any atom is -0.461 e. The highest BCUT2D eigenvalue weighted by atomic mass is 16.5. The summed E-state index contributed by atoms with van der Waals surface area (Å²) in [6.07, 6.45) is 4.34. The minimum atomic E-state index is -0.627. The largest absolute Gasteiger partial charge is 0.461 e. The van der Waals surface area contributed by atoms with E-state index >= 15 is 0 Å². The average Bonchev–Trinajstić information content (AvgIpc) is 3.46. The van der Waals surface area contributed by atoms with Crippen LogP contribution in [0.25, 0.3) is 22.3 Å². The number of nitrogens with zero attached hydrogens (tertiary/aromatic N) is 3. The molecule has 0 aliphatic heterocycles. The number of esters is 1. The van der Waals surface area contributed by atoms with Gasteiger partial charge in [-0.3, -0.25) is 4.79 Å². The molecular weight excluding hydrogens is 386 g/mol. The van der Waals surface area contributed by atoms with Crippen LogP contribution in [0.2, 0.25) is 0 Å². The van der Waals surface area contributed by atoms with Gasteiger partial charge in [-0.2, -0.15) is 5.10 Å². The van der Waals surface area contributed by atoms with E-state index in [0.717, 1.165) is 19.3 Å². The minimum absolute atomic E-state index is 0.0893. The lowest BCUT2D eigenvalue weighted by molar-refractivity contribution is 0.0457. The number of rotatable bonds is 8. The molecule has 0 bridgehead atoms. The van der Waals surface area contributed by atoms with Crippen LogP contribution >= 0.6 is 0 Å². The Hall–Kier alpha value is -3.68. The molecule has 4 rings (SSSR count). The molecule has 4 aromatic rings. The zero-order valence-electron chi connectivity index (χ0n) is 16.5. The van der Waals surface area contributed by atoms with Crippen molar-refractivity contribution in [3.63, 3.8) is 0 Å². The number of carbonyl (C=O) groups excluding carboxylic acids is 1. The zero-order valence-corrected chi connectivity index (χ0v) is 16.5. The molecule has 8 heteroatoms. The number of aromatic nitrogens is 3. The number of ether oxygens (including phenoxy) is 1. The van der Waals surface area contributed by atoms with Gasteiger partial charge in [-0.05, 0) is 24.6 Å².